The molecule has 0 saturated carbocycles. The van der Waals surface area contributed by atoms with Crippen molar-refractivity contribution < 1.29 is 9.18 Å². The van der Waals surface area contributed by atoms with Gasteiger partial charge in [0.2, 0.25) is 0 Å². The topological polar surface area (TPSA) is 42.0 Å². The standard InChI is InChI=1S/C13H13FN2O/c1-3-15-13(17)11-7-9-6-10(14)4-5-12(9)16-8(11)2/h4-7H,3H2,1-2H3,(H,15,17). The molecule has 0 saturated heterocycles. The van der Waals surface area contributed by atoms with Crippen LogP contribution in [0.1, 0.15) is 23.0 Å². The molecule has 88 valence electrons. The van der Waals surface area contributed by atoms with Crippen LogP contribution in [0.3, 0.4) is 0 Å². The molecule has 1 N–H and O–H groups in total. The zero-order valence-corrected chi connectivity index (χ0v) is 9.75. The molecule has 17 heavy (non-hydrogen) atoms. The Morgan fingerprint density at radius 3 is 2.88 bits per heavy atom. The van der Waals surface area contributed by atoms with E-state index in [-0.39, 0.29) is 11.7 Å². The molecule has 0 aliphatic carbocycles. The minimum absolute atomic E-state index is 0.177. The highest BCUT2D eigenvalue weighted by Crippen LogP contribution is 2.17. The van der Waals surface area contributed by atoms with Crippen molar-refractivity contribution in [3.8, 4) is 0 Å². The number of rotatable bonds is 2. The van der Waals surface area contributed by atoms with Gasteiger partial charge in [-0.15, -0.1) is 0 Å². The first-order valence-electron chi connectivity index (χ1n) is 5.47. The van der Waals surface area contributed by atoms with Crippen LogP contribution in [0.15, 0.2) is 24.3 Å². The molecule has 1 amide bonds. The molecule has 0 radical (unpaired) electrons. The zero-order valence-electron chi connectivity index (χ0n) is 9.75. The summed E-state index contributed by atoms with van der Waals surface area (Å²) in [4.78, 5) is 16.0. The van der Waals surface area contributed by atoms with Crippen LogP contribution in [0.2, 0.25) is 0 Å². The number of aryl methyl sites for hydroxylation is 1. The number of hydrogen-bond donors (Lipinski definition) is 1. The monoisotopic (exact) mass is 232 g/mol. The molecule has 0 bridgehead atoms. The maximum Gasteiger partial charge on any atom is 0.253 e. The molecule has 0 spiro atoms. The lowest BCUT2D eigenvalue weighted by Crippen LogP contribution is -2.23. The number of aromatic nitrogens is 1. The van der Waals surface area contributed by atoms with Gasteiger partial charge < -0.3 is 5.32 Å². The molecular weight excluding hydrogens is 219 g/mol. The Morgan fingerprint density at radius 2 is 2.18 bits per heavy atom. The van der Waals surface area contributed by atoms with Crippen LogP contribution >= 0.6 is 0 Å². The third-order valence-corrected chi connectivity index (χ3v) is 2.55. The summed E-state index contributed by atoms with van der Waals surface area (Å²) in [6.07, 6.45) is 0. The summed E-state index contributed by atoms with van der Waals surface area (Å²) in [5.74, 6) is -0.506. The van der Waals surface area contributed by atoms with Gasteiger partial charge in [-0.1, -0.05) is 0 Å². The first kappa shape index (κ1) is 11.5. The lowest BCUT2D eigenvalue weighted by atomic mass is 10.1. The number of pyridine rings is 1. The van der Waals surface area contributed by atoms with Crippen molar-refractivity contribution in [1.29, 1.82) is 0 Å². The maximum atomic E-state index is 13.1. The average molecular weight is 232 g/mol. The number of halogens is 1. The molecule has 3 nitrogen and oxygen atoms in total. The van der Waals surface area contributed by atoms with Crippen molar-refractivity contribution in [3.05, 3.63) is 41.3 Å². The van der Waals surface area contributed by atoms with E-state index in [1.165, 1.54) is 12.1 Å². The third-order valence-electron chi connectivity index (χ3n) is 2.55. The smallest absolute Gasteiger partial charge is 0.253 e. The van der Waals surface area contributed by atoms with E-state index in [2.05, 4.69) is 10.3 Å². The highest BCUT2D eigenvalue weighted by Gasteiger charge is 2.10. The molecule has 1 aromatic carbocycles. The Balaban J connectivity index is 2.57. The molecule has 1 aromatic heterocycles. The molecular formula is C13H13FN2O. The van der Waals surface area contributed by atoms with E-state index in [1.54, 1.807) is 19.1 Å². The predicted molar refractivity (Wildman–Crippen MR) is 64.4 cm³/mol. The Hall–Kier alpha value is -1.97. The fourth-order valence-corrected chi connectivity index (χ4v) is 1.73. The average Bonchev–Trinajstić information content (AvgIpc) is 2.29. The summed E-state index contributed by atoms with van der Waals surface area (Å²) in [6, 6.07) is 6.02. The van der Waals surface area contributed by atoms with Gasteiger partial charge in [-0.05, 0) is 38.1 Å². The summed E-state index contributed by atoms with van der Waals surface area (Å²) < 4.78 is 13.1. The molecule has 4 heteroatoms. The number of nitrogens with one attached hydrogen (secondary N) is 1. The van der Waals surface area contributed by atoms with E-state index in [4.69, 9.17) is 0 Å². The van der Waals surface area contributed by atoms with Crippen LogP contribution in [0.25, 0.3) is 10.9 Å². The minimum Gasteiger partial charge on any atom is -0.352 e. The van der Waals surface area contributed by atoms with E-state index in [9.17, 15) is 9.18 Å². The number of hydrogen-bond acceptors (Lipinski definition) is 2. The quantitative estimate of drug-likeness (QED) is 0.864. The lowest BCUT2D eigenvalue weighted by Gasteiger charge is -2.07. The first-order valence-corrected chi connectivity index (χ1v) is 5.47. The second-order valence-electron chi connectivity index (χ2n) is 3.82. The Morgan fingerprint density at radius 1 is 1.41 bits per heavy atom. The Kier molecular flexibility index (Phi) is 3.04. The third kappa shape index (κ3) is 2.25. The summed E-state index contributed by atoms with van der Waals surface area (Å²) in [6.45, 7) is 4.17. The summed E-state index contributed by atoms with van der Waals surface area (Å²) >= 11 is 0. The largest absolute Gasteiger partial charge is 0.352 e. The van der Waals surface area contributed by atoms with Crippen molar-refractivity contribution in [2.24, 2.45) is 0 Å². The fraction of sp³-hybridized carbons (Fsp3) is 0.231. The fourth-order valence-electron chi connectivity index (χ4n) is 1.73. The maximum absolute atomic E-state index is 13.1. The number of fused-ring (bicyclic) bond motifs is 1. The molecule has 0 aliphatic rings. The summed E-state index contributed by atoms with van der Waals surface area (Å²) in [7, 11) is 0. The molecule has 1 heterocycles. The van der Waals surface area contributed by atoms with Crippen LogP contribution in [0.5, 0.6) is 0 Å². The van der Waals surface area contributed by atoms with E-state index < -0.39 is 0 Å². The van der Waals surface area contributed by atoms with Crippen LogP contribution < -0.4 is 5.32 Å². The van der Waals surface area contributed by atoms with Crippen molar-refractivity contribution in [2.45, 2.75) is 13.8 Å². The highest BCUT2D eigenvalue weighted by atomic mass is 19.1. The number of carbonyl (C=O) groups is 1. The van der Waals surface area contributed by atoms with Crippen molar-refractivity contribution in [3.63, 3.8) is 0 Å². The van der Waals surface area contributed by atoms with Crippen molar-refractivity contribution in [2.75, 3.05) is 6.54 Å². The first-order chi connectivity index (χ1) is 8.11. The zero-order chi connectivity index (χ0) is 12.4. The van der Waals surface area contributed by atoms with Crippen LogP contribution in [-0.2, 0) is 0 Å². The van der Waals surface area contributed by atoms with Crippen molar-refractivity contribution >= 4 is 16.8 Å². The second kappa shape index (κ2) is 4.49. The Labute approximate surface area is 98.7 Å². The van der Waals surface area contributed by atoms with Gasteiger partial charge >= 0.3 is 0 Å². The van der Waals surface area contributed by atoms with Gasteiger partial charge in [0.15, 0.2) is 0 Å². The number of nitrogens with zero attached hydrogens (tertiary/aromatic N) is 1. The molecule has 0 aliphatic heterocycles. The van der Waals surface area contributed by atoms with Crippen LogP contribution in [0, 0.1) is 12.7 Å². The van der Waals surface area contributed by atoms with Gasteiger partial charge in [0.25, 0.3) is 5.91 Å². The van der Waals surface area contributed by atoms with E-state index in [0.717, 1.165) is 0 Å². The van der Waals surface area contributed by atoms with E-state index in [1.807, 2.05) is 6.92 Å². The van der Waals surface area contributed by atoms with Gasteiger partial charge in [-0.3, -0.25) is 9.78 Å². The summed E-state index contributed by atoms with van der Waals surface area (Å²) in [5.41, 5.74) is 1.83. The van der Waals surface area contributed by atoms with E-state index >= 15 is 0 Å². The minimum atomic E-state index is -0.329. The molecule has 0 atom stereocenters. The van der Waals surface area contributed by atoms with Gasteiger partial charge in [-0.2, -0.15) is 0 Å². The van der Waals surface area contributed by atoms with Crippen molar-refractivity contribution in [1.82, 2.24) is 10.3 Å². The molecule has 2 aromatic rings. The number of benzene rings is 1. The molecule has 2 rings (SSSR count). The van der Waals surface area contributed by atoms with Gasteiger partial charge in [0, 0.05) is 11.9 Å². The SMILES string of the molecule is CCNC(=O)c1cc2cc(F)ccc2nc1C. The molecule has 0 unspecified atom stereocenters. The predicted octanol–water partition coefficient (Wildman–Crippen LogP) is 2.43. The van der Waals surface area contributed by atoms with Crippen LogP contribution in [-0.4, -0.2) is 17.4 Å². The number of carbonyl (C=O) groups excluding carboxylic acids is 1. The van der Waals surface area contributed by atoms with Gasteiger partial charge in [0.1, 0.15) is 5.82 Å². The normalized spacial score (nSPS) is 10.5. The van der Waals surface area contributed by atoms with E-state index in [0.29, 0.717) is 28.7 Å². The highest BCUT2D eigenvalue weighted by molar-refractivity contribution is 5.98. The van der Waals surface area contributed by atoms with Crippen LogP contribution in [0.4, 0.5) is 4.39 Å². The Bertz CT molecular complexity index is 581. The second-order valence-corrected chi connectivity index (χ2v) is 3.82. The van der Waals surface area contributed by atoms with Gasteiger partial charge in [-0.25, -0.2) is 4.39 Å². The lowest BCUT2D eigenvalue weighted by molar-refractivity contribution is 0.0955. The van der Waals surface area contributed by atoms with Gasteiger partial charge in [0.05, 0.1) is 16.8 Å². The molecule has 0 fully saturated rings. The summed E-state index contributed by atoms with van der Waals surface area (Å²) in [5, 5.41) is 3.35. The number of amides is 1.